The zero-order valence-corrected chi connectivity index (χ0v) is 20.3. The molecule has 1 unspecified atom stereocenters. The number of carbonyl (C=O) groups is 1. The van der Waals surface area contributed by atoms with Crippen LogP contribution in [0.4, 0.5) is 0 Å². The van der Waals surface area contributed by atoms with Crippen molar-refractivity contribution >= 4 is 35.8 Å². The molecule has 1 N–H and O–H groups in total. The highest BCUT2D eigenvalue weighted by atomic mass is 127. The van der Waals surface area contributed by atoms with Crippen LogP contribution in [0.5, 0.6) is 0 Å². The summed E-state index contributed by atoms with van der Waals surface area (Å²) in [6, 6.07) is 0. The molecule has 0 radical (unpaired) electrons. The van der Waals surface area contributed by atoms with Crippen molar-refractivity contribution in [1.82, 2.24) is 15.1 Å². The van der Waals surface area contributed by atoms with Crippen LogP contribution in [0.1, 0.15) is 52.4 Å². The largest absolute Gasteiger partial charge is 0.381 e. The van der Waals surface area contributed by atoms with Crippen LogP contribution in [0.25, 0.3) is 0 Å². The van der Waals surface area contributed by atoms with E-state index >= 15 is 0 Å². The summed E-state index contributed by atoms with van der Waals surface area (Å²) in [7, 11) is 5.62. The first kappa shape index (κ1) is 26.4. The normalized spacial score (nSPS) is 16.4. The molecule has 1 rings (SSSR count). The van der Waals surface area contributed by atoms with Crippen LogP contribution >= 0.6 is 24.0 Å². The first-order valence-electron chi connectivity index (χ1n) is 10.2. The standard InChI is InChI=1S/C20H40N4O2.HI/c1-6-8-9-17(7-2)14-21-20(22-15-19(25)23(3)4)24(5)16-18-10-12-26-13-11-18;/h17-18H,6-16H2,1-5H3,(H,21,22);1H. The van der Waals surface area contributed by atoms with Gasteiger partial charge in [-0.25, -0.2) is 4.99 Å². The van der Waals surface area contributed by atoms with Gasteiger partial charge in [-0.2, -0.15) is 0 Å². The first-order chi connectivity index (χ1) is 12.5. The molecule has 6 nitrogen and oxygen atoms in total. The van der Waals surface area contributed by atoms with Crippen molar-refractivity contribution in [3.63, 3.8) is 0 Å². The molecule has 1 atom stereocenters. The van der Waals surface area contributed by atoms with Gasteiger partial charge in [0.1, 0.15) is 6.54 Å². The maximum atomic E-state index is 12.0. The van der Waals surface area contributed by atoms with E-state index in [1.165, 1.54) is 25.7 Å². The summed E-state index contributed by atoms with van der Waals surface area (Å²) < 4.78 is 5.46. The number of aliphatic imine (C=N–C) groups is 1. The number of likely N-dealkylation sites (N-methyl/N-ethyl adjacent to an activating group) is 1. The van der Waals surface area contributed by atoms with Crippen LogP contribution in [0, 0.1) is 11.8 Å². The average Bonchev–Trinajstić information content (AvgIpc) is 2.64. The molecular weight excluding hydrogens is 455 g/mol. The lowest BCUT2D eigenvalue weighted by atomic mass is 9.99. The van der Waals surface area contributed by atoms with Crippen LogP contribution in [0.15, 0.2) is 4.99 Å². The molecular formula is C20H41IN4O2. The van der Waals surface area contributed by atoms with Gasteiger partial charge in [-0.15, -0.1) is 24.0 Å². The number of nitrogens with zero attached hydrogens (tertiary/aromatic N) is 3. The van der Waals surface area contributed by atoms with Crippen molar-refractivity contribution in [1.29, 1.82) is 0 Å². The van der Waals surface area contributed by atoms with Gasteiger partial charge >= 0.3 is 0 Å². The summed E-state index contributed by atoms with van der Waals surface area (Å²) in [6.45, 7) is 8.26. The number of rotatable bonds is 10. The third-order valence-electron chi connectivity index (χ3n) is 5.19. The van der Waals surface area contributed by atoms with Gasteiger partial charge in [-0.3, -0.25) is 4.79 Å². The smallest absolute Gasteiger partial charge is 0.243 e. The van der Waals surface area contributed by atoms with Gasteiger partial charge in [0.2, 0.25) is 5.91 Å². The molecule has 160 valence electrons. The quantitative estimate of drug-likeness (QED) is 0.287. The Morgan fingerprint density at radius 3 is 2.44 bits per heavy atom. The van der Waals surface area contributed by atoms with Crippen molar-refractivity contribution in [2.75, 3.05) is 54.0 Å². The second-order valence-electron chi connectivity index (χ2n) is 7.66. The molecule has 0 aromatic carbocycles. The van der Waals surface area contributed by atoms with E-state index < -0.39 is 0 Å². The SMILES string of the molecule is CCCCC(CC)CNC(=NCC(=O)N(C)C)N(C)CC1CCOCC1.I. The highest BCUT2D eigenvalue weighted by molar-refractivity contribution is 14.0. The number of hydrogen-bond donors (Lipinski definition) is 1. The minimum atomic E-state index is 0. The molecule has 1 fully saturated rings. The third-order valence-corrected chi connectivity index (χ3v) is 5.19. The second-order valence-corrected chi connectivity index (χ2v) is 7.66. The minimum absolute atomic E-state index is 0. The van der Waals surface area contributed by atoms with Gasteiger partial charge in [-0.1, -0.05) is 33.1 Å². The predicted molar refractivity (Wildman–Crippen MR) is 124 cm³/mol. The summed E-state index contributed by atoms with van der Waals surface area (Å²) in [5.41, 5.74) is 0. The number of guanidine groups is 1. The lowest BCUT2D eigenvalue weighted by molar-refractivity contribution is -0.127. The van der Waals surface area contributed by atoms with E-state index in [0.29, 0.717) is 11.8 Å². The second kappa shape index (κ2) is 15.4. The first-order valence-corrected chi connectivity index (χ1v) is 10.2. The molecule has 7 heteroatoms. The van der Waals surface area contributed by atoms with Gasteiger partial charge < -0.3 is 19.9 Å². The molecule has 0 aromatic heterocycles. The Bertz CT molecular complexity index is 426. The van der Waals surface area contributed by atoms with E-state index in [2.05, 4.69) is 36.1 Å². The Hall–Kier alpha value is -0.570. The van der Waals surface area contributed by atoms with Crippen molar-refractivity contribution < 1.29 is 9.53 Å². The maximum absolute atomic E-state index is 12.0. The average molecular weight is 496 g/mol. The van der Waals surface area contributed by atoms with Crippen molar-refractivity contribution in [2.24, 2.45) is 16.8 Å². The number of ether oxygens (including phenoxy) is 1. The monoisotopic (exact) mass is 496 g/mol. The molecule has 27 heavy (non-hydrogen) atoms. The fraction of sp³-hybridized carbons (Fsp3) is 0.900. The van der Waals surface area contributed by atoms with Crippen LogP contribution in [0.2, 0.25) is 0 Å². The van der Waals surface area contributed by atoms with Crippen molar-refractivity contribution in [3.8, 4) is 0 Å². The van der Waals surface area contributed by atoms with Crippen LogP contribution in [-0.2, 0) is 9.53 Å². The van der Waals surface area contributed by atoms with Crippen LogP contribution < -0.4 is 5.32 Å². The molecule has 1 heterocycles. The summed E-state index contributed by atoms with van der Waals surface area (Å²) in [6.07, 6.45) is 7.11. The minimum Gasteiger partial charge on any atom is -0.381 e. The molecule has 0 bridgehead atoms. The fourth-order valence-electron chi connectivity index (χ4n) is 3.18. The summed E-state index contributed by atoms with van der Waals surface area (Å²) in [5, 5.41) is 3.54. The fourth-order valence-corrected chi connectivity index (χ4v) is 3.18. The lowest BCUT2D eigenvalue weighted by Crippen LogP contribution is -2.44. The summed E-state index contributed by atoms with van der Waals surface area (Å²) in [4.78, 5) is 20.3. The van der Waals surface area contributed by atoms with Gasteiger partial charge in [0, 0.05) is 47.4 Å². The van der Waals surface area contributed by atoms with E-state index in [0.717, 1.165) is 45.1 Å². The Labute approximate surface area is 183 Å². The summed E-state index contributed by atoms with van der Waals surface area (Å²) in [5.74, 6) is 2.16. The molecule has 0 aliphatic carbocycles. The number of halogens is 1. The number of carbonyl (C=O) groups excluding carboxylic acids is 1. The van der Waals surface area contributed by atoms with E-state index in [9.17, 15) is 4.79 Å². The maximum Gasteiger partial charge on any atom is 0.243 e. The number of nitrogens with one attached hydrogen (secondary N) is 1. The molecule has 0 aromatic rings. The van der Waals surface area contributed by atoms with Crippen molar-refractivity contribution in [2.45, 2.75) is 52.4 Å². The Balaban J connectivity index is 0.00000676. The Kier molecular flexibility index (Phi) is 15.0. The zero-order valence-electron chi connectivity index (χ0n) is 18.0. The third kappa shape index (κ3) is 11.1. The van der Waals surface area contributed by atoms with E-state index in [1.54, 1.807) is 19.0 Å². The van der Waals surface area contributed by atoms with E-state index in [4.69, 9.17) is 4.74 Å². The number of hydrogen-bond acceptors (Lipinski definition) is 3. The van der Waals surface area contributed by atoms with E-state index in [-0.39, 0.29) is 36.4 Å². The molecule has 1 aliphatic rings. The predicted octanol–water partition coefficient (Wildman–Crippen LogP) is 3.21. The van der Waals surface area contributed by atoms with Gasteiger partial charge in [0.25, 0.3) is 0 Å². The molecule has 0 spiro atoms. The van der Waals surface area contributed by atoms with Gasteiger partial charge in [0.05, 0.1) is 0 Å². The van der Waals surface area contributed by atoms with E-state index in [1.807, 2.05) is 0 Å². The Morgan fingerprint density at radius 2 is 1.89 bits per heavy atom. The number of unbranched alkanes of at least 4 members (excludes halogenated alkanes) is 1. The highest BCUT2D eigenvalue weighted by Crippen LogP contribution is 2.16. The molecule has 0 saturated carbocycles. The lowest BCUT2D eigenvalue weighted by Gasteiger charge is -2.30. The van der Waals surface area contributed by atoms with Gasteiger partial charge in [-0.05, 0) is 31.1 Å². The Morgan fingerprint density at radius 1 is 1.22 bits per heavy atom. The summed E-state index contributed by atoms with van der Waals surface area (Å²) >= 11 is 0. The topological polar surface area (TPSA) is 57.2 Å². The molecule has 1 amide bonds. The number of amides is 1. The zero-order chi connectivity index (χ0) is 19.4. The van der Waals surface area contributed by atoms with Gasteiger partial charge in [0.15, 0.2) is 5.96 Å². The van der Waals surface area contributed by atoms with Crippen LogP contribution in [-0.4, -0.2) is 75.7 Å². The molecule has 1 aliphatic heterocycles. The van der Waals surface area contributed by atoms with Crippen molar-refractivity contribution in [3.05, 3.63) is 0 Å². The van der Waals surface area contributed by atoms with Crippen LogP contribution in [0.3, 0.4) is 0 Å². The highest BCUT2D eigenvalue weighted by Gasteiger charge is 2.18. The molecule has 1 saturated heterocycles.